The largest absolute Gasteiger partial charge is 0.493 e. The van der Waals surface area contributed by atoms with Gasteiger partial charge in [-0.15, -0.1) is 0 Å². The molecule has 2 heterocycles. The molecule has 6 nitrogen and oxygen atoms in total. The molecule has 0 saturated carbocycles. The molecule has 2 aromatic carbocycles. The van der Waals surface area contributed by atoms with Crippen LogP contribution in [0.1, 0.15) is 6.92 Å². The van der Waals surface area contributed by atoms with Crippen LogP contribution in [0, 0.1) is 0 Å². The van der Waals surface area contributed by atoms with Crippen LogP contribution >= 0.6 is 0 Å². The van der Waals surface area contributed by atoms with E-state index in [1.54, 1.807) is 34.4 Å². The molecule has 6 heteroatoms. The fourth-order valence-corrected chi connectivity index (χ4v) is 3.88. The van der Waals surface area contributed by atoms with Crippen molar-refractivity contribution < 1.29 is 19.3 Å². The van der Waals surface area contributed by atoms with Crippen LogP contribution in [-0.2, 0) is 6.54 Å². The lowest BCUT2D eigenvalue weighted by atomic mass is 10.0. The van der Waals surface area contributed by atoms with E-state index < -0.39 is 6.10 Å². The number of rotatable bonds is 7. The number of benzene rings is 2. The summed E-state index contributed by atoms with van der Waals surface area (Å²) in [6, 6.07) is 16.3. The first-order valence-electron chi connectivity index (χ1n) is 10.1. The van der Waals surface area contributed by atoms with Gasteiger partial charge in [-0.2, -0.15) is 0 Å². The molecule has 160 valence electrons. The van der Waals surface area contributed by atoms with E-state index in [0.717, 1.165) is 33.3 Å². The second-order valence-electron chi connectivity index (χ2n) is 7.42. The quantitative estimate of drug-likeness (QED) is 0.468. The molecular weight excluding hydrogens is 392 g/mol. The molecule has 2 aromatic heterocycles. The first-order chi connectivity index (χ1) is 15.0. The molecule has 0 aliphatic heterocycles. The third kappa shape index (κ3) is 3.94. The minimum absolute atomic E-state index is 0.465. The van der Waals surface area contributed by atoms with Crippen molar-refractivity contribution in [2.75, 3.05) is 21.3 Å². The van der Waals surface area contributed by atoms with Gasteiger partial charge in [0.15, 0.2) is 11.5 Å². The van der Waals surface area contributed by atoms with Gasteiger partial charge in [-0.05, 0) is 47.9 Å². The molecule has 4 aromatic rings. The summed E-state index contributed by atoms with van der Waals surface area (Å²) in [5.41, 5.74) is 5.11. The van der Waals surface area contributed by atoms with Gasteiger partial charge in [0.05, 0.1) is 39.1 Å². The predicted molar refractivity (Wildman–Crippen MR) is 122 cm³/mol. The SMILES string of the molecule is COc1cc(-c2ccc(-c3cc4ccncc4n3C[C@H](C)O)cc2)cc(OC)c1OC. The van der Waals surface area contributed by atoms with E-state index in [-0.39, 0.29) is 0 Å². The van der Waals surface area contributed by atoms with Crippen molar-refractivity contribution in [3.8, 4) is 39.6 Å². The van der Waals surface area contributed by atoms with Crippen LogP contribution < -0.4 is 14.2 Å². The van der Waals surface area contributed by atoms with Crippen molar-refractivity contribution in [1.29, 1.82) is 0 Å². The van der Waals surface area contributed by atoms with Crippen LogP contribution in [0.25, 0.3) is 33.3 Å². The fraction of sp³-hybridized carbons (Fsp3) is 0.240. The second-order valence-corrected chi connectivity index (χ2v) is 7.42. The van der Waals surface area contributed by atoms with Gasteiger partial charge in [-0.3, -0.25) is 4.98 Å². The maximum atomic E-state index is 10.0. The van der Waals surface area contributed by atoms with E-state index >= 15 is 0 Å². The van der Waals surface area contributed by atoms with E-state index in [2.05, 4.69) is 39.9 Å². The summed E-state index contributed by atoms with van der Waals surface area (Å²) in [5.74, 6) is 1.80. The minimum Gasteiger partial charge on any atom is -0.493 e. The van der Waals surface area contributed by atoms with Gasteiger partial charge in [-0.25, -0.2) is 0 Å². The number of pyridine rings is 1. The number of aromatic nitrogens is 2. The molecule has 0 radical (unpaired) electrons. The minimum atomic E-state index is -0.465. The smallest absolute Gasteiger partial charge is 0.203 e. The summed E-state index contributed by atoms with van der Waals surface area (Å²) >= 11 is 0. The number of hydrogen-bond acceptors (Lipinski definition) is 5. The first kappa shape index (κ1) is 20.8. The highest BCUT2D eigenvalue weighted by atomic mass is 16.5. The number of nitrogens with zero attached hydrogens (tertiary/aromatic N) is 2. The van der Waals surface area contributed by atoms with Gasteiger partial charge in [0, 0.05) is 23.8 Å². The molecule has 0 bridgehead atoms. The van der Waals surface area contributed by atoms with Crippen LogP contribution in [0.4, 0.5) is 0 Å². The lowest BCUT2D eigenvalue weighted by Gasteiger charge is -2.15. The maximum Gasteiger partial charge on any atom is 0.203 e. The molecule has 31 heavy (non-hydrogen) atoms. The Morgan fingerprint density at radius 2 is 1.52 bits per heavy atom. The fourth-order valence-electron chi connectivity index (χ4n) is 3.88. The standard InChI is InChI=1S/C25H26N2O4/c1-16(28)15-27-21(11-19-9-10-26-14-22(19)27)18-7-5-17(6-8-18)20-12-23(29-2)25(31-4)24(13-20)30-3/h5-14,16,28H,15H2,1-4H3/t16-/m0/s1. The normalized spacial score (nSPS) is 12.0. The molecule has 0 fully saturated rings. The highest BCUT2D eigenvalue weighted by Crippen LogP contribution is 2.41. The topological polar surface area (TPSA) is 65.7 Å². The Balaban J connectivity index is 1.76. The van der Waals surface area contributed by atoms with E-state index in [0.29, 0.717) is 23.8 Å². The third-order valence-corrected chi connectivity index (χ3v) is 5.33. The summed E-state index contributed by atoms with van der Waals surface area (Å²) in [7, 11) is 4.82. The van der Waals surface area contributed by atoms with Crippen molar-refractivity contribution in [3.63, 3.8) is 0 Å². The number of hydrogen-bond donors (Lipinski definition) is 1. The number of aliphatic hydroxyl groups is 1. The second kappa shape index (κ2) is 8.70. The summed E-state index contributed by atoms with van der Waals surface area (Å²) < 4.78 is 18.5. The van der Waals surface area contributed by atoms with Crippen LogP contribution in [0.15, 0.2) is 60.9 Å². The molecule has 0 unspecified atom stereocenters. The zero-order valence-electron chi connectivity index (χ0n) is 18.1. The molecule has 0 amide bonds. The zero-order valence-corrected chi connectivity index (χ0v) is 18.1. The summed E-state index contributed by atoms with van der Waals surface area (Å²) in [4.78, 5) is 4.25. The number of methoxy groups -OCH3 is 3. The Hall–Kier alpha value is -3.51. The predicted octanol–water partition coefficient (Wildman–Crippen LogP) is 4.78. The van der Waals surface area contributed by atoms with Gasteiger partial charge in [0.1, 0.15) is 0 Å². The van der Waals surface area contributed by atoms with Gasteiger partial charge >= 0.3 is 0 Å². The number of fused-ring (bicyclic) bond motifs is 1. The molecule has 1 N–H and O–H groups in total. The Morgan fingerprint density at radius 1 is 0.871 bits per heavy atom. The number of ether oxygens (including phenoxy) is 3. The summed E-state index contributed by atoms with van der Waals surface area (Å²) in [6.07, 6.45) is 3.16. The van der Waals surface area contributed by atoms with E-state index in [1.165, 1.54) is 0 Å². The first-order valence-corrected chi connectivity index (χ1v) is 10.1. The number of aliphatic hydroxyl groups excluding tert-OH is 1. The average Bonchev–Trinajstić information content (AvgIpc) is 3.16. The van der Waals surface area contributed by atoms with Crippen molar-refractivity contribution in [2.45, 2.75) is 19.6 Å². The lowest BCUT2D eigenvalue weighted by molar-refractivity contribution is 0.176. The Labute approximate surface area is 181 Å². The molecular formula is C25H26N2O4. The van der Waals surface area contributed by atoms with Gasteiger partial charge < -0.3 is 23.9 Å². The Morgan fingerprint density at radius 3 is 2.10 bits per heavy atom. The Bertz CT molecular complexity index is 1170. The van der Waals surface area contributed by atoms with Gasteiger partial charge in [-0.1, -0.05) is 24.3 Å². The van der Waals surface area contributed by atoms with Crippen molar-refractivity contribution in [2.24, 2.45) is 0 Å². The van der Waals surface area contributed by atoms with Crippen LogP contribution in [-0.4, -0.2) is 42.1 Å². The van der Waals surface area contributed by atoms with Crippen LogP contribution in [0.5, 0.6) is 17.2 Å². The summed E-state index contributed by atoms with van der Waals surface area (Å²) in [5, 5.41) is 11.1. The molecule has 1 atom stereocenters. The van der Waals surface area contributed by atoms with E-state index in [1.807, 2.05) is 24.4 Å². The monoisotopic (exact) mass is 418 g/mol. The summed E-state index contributed by atoms with van der Waals surface area (Å²) in [6.45, 7) is 2.29. The van der Waals surface area contributed by atoms with E-state index in [4.69, 9.17) is 14.2 Å². The highest BCUT2D eigenvalue weighted by molar-refractivity contribution is 5.86. The molecule has 0 saturated heterocycles. The third-order valence-electron chi connectivity index (χ3n) is 5.33. The lowest BCUT2D eigenvalue weighted by Crippen LogP contribution is -2.12. The molecule has 0 aliphatic carbocycles. The van der Waals surface area contributed by atoms with Gasteiger partial charge in [0.2, 0.25) is 5.75 Å². The highest BCUT2D eigenvalue weighted by Gasteiger charge is 2.15. The molecule has 4 rings (SSSR count). The zero-order chi connectivity index (χ0) is 22.0. The van der Waals surface area contributed by atoms with Gasteiger partial charge in [0.25, 0.3) is 0 Å². The average molecular weight is 418 g/mol. The maximum absolute atomic E-state index is 10.0. The van der Waals surface area contributed by atoms with Crippen molar-refractivity contribution >= 4 is 10.9 Å². The van der Waals surface area contributed by atoms with Crippen LogP contribution in [0.2, 0.25) is 0 Å². The molecule has 0 spiro atoms. The van der Waals surface area contributed by atoms with E-state index in [9.17, 15) is 5.11 Å². The van der Waals surface area contributed by atoms with Crippen molar-refractivity contribution in [1.82, 2.24) is 9.55 Å². The molecule has 0 aliphatic rings. The Kier molecular flexibility index (Phi) is 5.82. The van der Waals surface area contributed by atoms with Crippen molar-refractivity contribution in [3.05, 3.63) is 60.9 Å². The van der Waals surface area contributed by atoms with Crippen LogP contribution in [0.3, 0.4) is 0 Å².